The summed E-state index contributed by atoms with van der Waals surface area (Å²) in [5.41, 5.74) is 10.0. The first kappa shape index (κ1) is 26.9. The van der Waals surface area contributed by atoms with E-state index in [0.717, 1.165) is 11.4 Å². The van der Waals surface area contributed by atoms with Crippen molar-refractivity contribution in [2.75, 3.05) is 16.4 Å². The molecular weight excluding hydrogens is 571 g/mol. The van der Waals surface area contributed by atoms with Crippen LogP contribution in [0.15, 0.2) is 109 Å². The number of para-hydroxylation sites is 2. The summed E-state index contributed by atoms with van der Waals surface area (Å²) in [6.07, 6.45) is 0. The van der Waals surface area contributed by atoms with Crippen LogP contribution in [-0.2, 0) is 0 Å². The minimum absolute atomic E-state index is 0.0405. The van der Waals surface area contributed by atoms with Crippen LogP contribution in [0, 0.1) is 0 Å². The standard InChI is InChI=1S/C31H22Cl2N8O/c32-19-15-16-27(23(17-19)26-18-25(37-28(34)38-26)22-13-7-8-14-24(22)33)42-31-40-29(35-20-9-3-1-4-10-20)39-30(41-31)36-21-11-5-2-6-12-21/h1-18H,(H2,34,37,38)(H2,35,36,39,40,41). The van der Waals surface area contributed by atoms with Crippen molar-refractivity contribution in [2.45, 2.75) is 0 Å². The van der Waals surface area contributed by atoms with Crippen LogP contribution in [0.2, 0.25) is 10.0 Å². The molecule has 0 aliphatic carbocycles. The van der Waals surface area contributed by atoms with Gasteiger partial charge in [0.1, 0.15) is 5.75 Å². The summed E-state index contributed by atoms with van der Waals surface area (Å²) in [4.78, 5) is 22.4. The van der Waals surface area contributed by atoms with Crippen LogP contribution in [0.1, 0.15) is 0 Å². The lowest BCUT2D eigenvalue weighted by Crippen LogP contribution is -2.06. The number of halogens is 2. The molecule has 0 unspecified atom stereocenters. The van der Waals surface area contributed by atoms with Crippen molar-refractivity contribution in [3.63, 3.8) is 0 Å². The number of benzene rings is 4. The van der Waals surface area contributed by atoms with Crippen molar-refractivity contribution in [2.24, 2.45) is 0 Å². The van der Waals surface area contributed by atoms with Crippen LogP contribution in [0.4, 0.5) is 29.2 Å². The fourth-order valence-electron chi connectivity index (χ4n) is 4.12. The minimum Gasteiger partial charge on any atom is -0.423 e. The molecule has 0 radical (unpaired) electrons. The molecule has 2 heterocycles. The first-order valence-electron chi connectivity index (χ1n) is 12.8. The summed E-state index contributed by atoms with van der Waals surface area (Å²) in [5, 5.41) is 7.40. The maximum atomic E-state index is 6.44. The average Bonchev–Trinajstić information content (AvgIpc) is 2.99. The fourth-order valence-corrected chi connectivity index (χ4v) is 4.52. The Hall–Kier alpha value is -5.25. The van der Waals surface area contributed by atoms with Gasteiger partial charge >= 0.3 is 6.01 Å². The van der Waals surface area contributed by atoms with Gasteiger partial charge in [-0.1, -0.05) is 77.8 Å². The number of anilines is 5. The van der Waals surface area contributed by atoms with Crippen molar-refractivity contribution >= 4 is 52.4 Å². The van der Waals surface area contributed by atoms with Gasteiger partial charge in [-0.15, -0.1) is 0 Å². The van der Waals surface area contributed by atoms with Crippen LogP contribution < -0.4 is 21.1 Å². The lowest BCUT2D eigenvalue weighted by Gasteiger charge is -2.14. The van der Waals surface area contributed by atoms with Crippen LogP contribution in [-0.4, -0.2) is 24.9 Å². The summed E-state index contributed by atoms with van der Waals surface area (Å²) in [6, 6.07) is 33.4. The lowest BCUT2D eigenvalue weighted by molar-refractivity contribution is 0.443. The third-order valence-electron chi connectivity index (χ3n) is 5.99. The summed E-state index contributed by atoms with van der Waals surface area (Å²) in [7, 11) is 0. The molecule has 0 saturated heterocycles. The first-order chi connectivity index (χ1) is 20.5. The summed E-state index contributed by atoms with van der Waals surface area (Å²) in [5.74, 6) is 1.03. The van der Waals surface area contributed by atoms with E-state index in [2.05, 4.69) is 35.6 Å². The normalized spacial score (nSPS) is 10.7. The highest BCUT2D eigenvalue weighted by Gasteiger charge is 2.17. The third kappa shape index (κ3) is 6.38. The summed E-state index contributed by atoms with van der Waals surface area (Å²) >= 11 is 12.8. The van der Waals surface area contributed by atoms with E-state index in [4.69, 9.17) is 33.7 Å². The van der Waals surface area contributed by atoms with E-state index >= 15 is 0 Å². The number of rotatable bonds is 8. The van der Waals surface area contributed by atoms with E-state index in [0.29, 0.717) is 38.3 Å². The maximum absolute atomic E-state index is 6.44. The zero-order chi connectivity index (χ0) is 28.9. The Morgan fingerprint density at radius 1 is 0.571 bits per heavy atom. The molecule has 0 aliphatic heterocycles. The number of aromatic nitrogens is 5. The van der Waals surface area contributed by atoms with Crippen molar-refractivity contribution in [1.29, 1.82) is 0 Å². The molecule has 11 heteroatoms. The van der Waals surface area contributed by atoms with E-state index < -0.39 is 0 Å². The van der Waals surface area contributed by atoms with E-state index in [9.17, 15) is 0 Å². The van der Waals surface area contributed by atoms with Crippen LogP contribution >= 0.6 is 23.2 Å². The van der Waals surface area contributed by atoms with Gasteiger partial charge in [-0.2, -0.15) is 15.0 Å². The molecule has 0 fully saturated rings. The van der Waals surface area contributed by atoms with Crippen LogP contribution in [0.25, 0.3) is 22.5 Å². The number of ether oxygens (including phenoxy) is 1. The zero-order valence-electron chi connectivity index (χ0n) is 21.9. The Kier molecular flexibility index (Phi) is 7.76. The topological polar surface area (TPSA) is 124 Å². The van der Waals surface area contributed by atoms with Crippen molar-refractivity contribution in [3.8, 4) is 34.3 Å². The van der Waals surface area contributed by atoms with Gasteiger partial charge in [-0.05, 0) is 54.6 Å². The number of nitrogen functional groups attached to an aromatic ring is 1. The number of nitrogens with zero attached hydrogens (tertiary/aromatic N) is 5. The monoisotopic (exact) mass is 592 g/mol. The van der Waals surface area contributed by atoms with Gasteiger partial charge in [0.2, 0.25) is 17.8 Å². The van der Waals surface area contributed by atoms with Crippen molar-refractivity contribution in [1.82, 2.24) is 24.9 Å². The molecule has 0 atom stereocenters. The second-order valence-electron chi connectivity index (χ2n) is 8.97. The highest BCUT2D eigenvalue weighted by Crippen LogP contribution is 2.37. The largest absolute Gasteiger partial charge is 0.423 e. The quantitative estimate of drug-likeness (QED) is 0.160. The zero-order valence-corrected chi connectivity index (χ0v) is 23.4. The molecular formula is C31H22Cl2N8O. The van der Waals surface area contributed by atoms with Gasteiger partial charge in [0.25, 0.3) is 0 Å². The molecule has 206 valence electrons. The van der Waals surface area contributed by atoms with Crippen LogP contribution in [0.3, 0.4) is 0 Å². The highest BCUT2D eigenvalue weighted by atomic mass is 35.5. The smallest absolute Gasteiger partial charge is 0.328 e. The molecule has 6 aromatic rings. The predicted octanol–water partition coefficient (Wildman–Crippen LogP) is 8.16. The Labute approximate surface area is 251 Å². The molecule has 4 N–H and O–H groups in total. The highest BCUT2D eigenvalue weighted by molar-refractivity contribution is 6.33. The molecule has 0 aliphatic rings. The summed E-state index contributed by atoms with van der Waals surface area (Å²) < 4.78 is 6.26. The second-order valence-corrected chi connectivity index (χ2v) is 9.81. The maximum Gasteiger partial charge on any atom is 0.328 e. The Balaban J connectivity index is 1.40. The molecule has 0 spiro atoms. The van der Waals surface area contributed by atoms with Crippen molar-refractivity contribution in [3.05, 3.63) is 119 Å². The van der Waals surface area contributed by atoms with Gasteiger partial charge in [-0.25, -0.2) is 9.97 Å². The lowest BCUT2D eigenvalue weighted by atomic mass is 10.1. The molecule has 0 amide bonds. The Morgan fingerprint density at radius 3 is 1.76 bits per heavy atom. The molecule has 2 aromatic heterocycles. The molecule has 6 rings (SSSR count). The predicted molar refractivity (Wildman–Crippen MR) is 167 cm³/mol. The van der Waals surface area contributed by atoms with E-state index in [-0.39, 0.29) is 23.9 Å². The SMILES string of the molecule is Nc1nc(-c2ccccc2Cl)cc(-c2cc(Cl)ccc2Oc2nc(Nc3ccccc3)nc(Nc3ccccc3)n2)n1. The van der Waals surface area contributed by atoms with Gasteiger partial charge in [0.05, 0.1) is 11.4 Å². The third-order valence-corrected chi connectivity index (χ3v) is 6.55. The van der Waals surface area contributed by atoms with E-state index in [1.165, 1.54) is 0 Å². The van der Waals surface area contributed by atoms with E-state index in [1.54, 1.807) is 30.3 Å². The van der Waals surface area contributed by atoms with Gasteiger partial charge < -0.3 is 21.1 Å². The fraction of sp³-hybridized carbons (Fsp3) is 0. The number of nitrogens with one attached hydrogen (secondary N) is 2. The summed E-state index contributed by atoms with van der Waals surface area (Å²) in [6.45, 7) is 0. The second kappa shape index (κ2) is 12.1. The molecule has 4 aromatic carbocycles. The van der Waals surface area contributed by atoms with Gasteiger partial charge in [0, 0.05) is 32.5 Å². The van der Waals surface area contributed by atoms with Gasteiger partial charge in [-0.3, -0.25) is 0 Å². The van der Waals surface area contributed by atoms with Gasteiger partial charge in [0.15, 0.2) is 0 Å². The Bertz CT molecular complexity index is 1800. The van der Waals surface area contributed by atoms with Crippen molar-refractivity contribution < 1.29 is 4.74 Å². The molecule has 0 saturated carbocycles. The van der Waals surface area contributed by atoms with Crippen LogP contribution in [0.5, 0.6) is 11.8 Å². The molecule has 9 nitrogen and oxygen atoms in total. The molecule has 0 bridgehead atoms. The first-order valence-corrected chi connectivity index (χ1v) is 13.5. The number of nitrogens with two attached hydrogens (primary N) is 1. The minimum atomic E-state index is 0.0405. The Morgan fingerprint density at radius 2 is 1.14 bits per heavy atom. The number of hydrogen-bond acceptors (Lipinski definition) is 9. The van der Waals surface area contributed by atoms with E-state index in [1.807, 2.05) is 78.9 Å². The average molecular weight is 593 g/mol. The molecule has 42 heavy (non-hydrogen) atoms. The number of hydrogen-bond donors (Lipinski definition) is 3.